The molecule has 1 aromatic rings. The SMILES string of the molecule is CC(C)(C)C1CCCN1c1ccc(N)cn1. The van der Waals surface area contributed by atoms with Crippen molar-refractivity contribution in [2.45, 2.75) is 39.7 Å². The summed E-state index contributed by atoms with van der Waals surface area (Å²) >= 11 is 0. The van der Waals surface area contributed by atoms with Crippen molar-refractivity contribution in [1.29, 1.82) is 0 Å². The second kappa shape index (κ2) is 3.96. The molecule has 3 nitrogen and oxygen atoms in total. The van der Waals surface area contributed by atoms with Gasteiger partial charge in [0.15, 0.2) is 0 Å². The lowest BCUT2D eigenvalue weighted by atomic mass is 9.85. The van der Waals surface area contributed by atoms with Gasteiger partial charge >= 0.3 is 0 Å². The molecular formula is C13H21N3. The van der Waals surface area contributed by atoms with E-state index in [4.69, 9.17) is 5.73 Å². The van der Waals surface area contributed by atoms with Gasteiger partial charge in [-0.2, -0.15) is 0 Å². The monoisotopic (exact) mass is 219 g/mol. The van der Waals surface area contributed by atoms with Crippen LogP contribution in [0.25, 0.3) is 0 Å². The summed E-state index contributed by atoms with van der Waals surface area (Å²) in [5, 5.41) is 0. The number of nitrogens with zero attached hydrogens (tertiary/aromatic N) is 2. The quantitative estimate of drug-likeness (QED) is 0.789. The van der Waals surface area contributed by atoms with Crippen molar-refractivity contribution in [3.05, 3.63) is 18.3 Å². The number of hydrogen-bond acceptors (Lipinski definition) is 3. The van der Waals surface area contributed by atoms with Gasteiger partial charge in [0, 0.05) is 12.6 Å². The van der Waals surface area contributed by atoms with Crippen LogP contribution in [-0.4, -0.2) is 17.6 Å². The molecule has 1 unspecified atom stereocenters. The smallest absolute Gasteiger partial charge is 0.128 e. The Kier molecular flexibility index (Phi) is 2.78. The highest BCUT2D eigenvalue weighted by molar-refractivity contribution is 5.47. The minimum atomic E-state index is 0.305. The third-order valence-electron chi connectivity index (χ3n) is 3.32. The van der Waals surface area contributed by atoms with Gasteiger partial charge in [0.05, 0.1) is 11.9 Å². The molecule has 1 fully saturated rings. The maximum atomic E-state index is 5.66. The lowest BCUT2D eigenvalue weighted by Crippen LogP contribution is -2.39. The molecule has 0 aromatic carbocycles. The Labute approximate surface area is 97.7 Å². The van der Waals surface area contributed by atoms with Crippen LogP contribution in [0.15, 0.2) is 18.3 Å². The molecule has 16 heavy (non-hydrogen) atoms. The topological polar surface area (TPSA) is 42.1 Å². The number of rotatable bonds is 1. The normalized spacial score (nSPS) is 21.4. The first-order valence-electron chi connectivity index (χ1n) is 5.96. The molecule has 2 rings (SSSR count). The Balaban J connectivity index is 2.23. The highest BCUT2D eigenvalue weighted by Crippen LogP contribution is 2.35. The molecule has 2 heterocycles. The average molecular weight is 219 g/mol. The van der Waals surface area contributed by atoms with E-state index in [1.165, 1.54) is 12.8 Å². The fourth-order valence-electron chi connectivity index (χ4n) is 2.51. The van der Waals surface area contributed by atoms with E-state index >= 15 is 0 Å². The summed E-state index contributed by atoms with van der Waals surface area (Å²) in [7, 11) is 0. The summed E-state index contributed by atoms with van der Waals surface area (Å²) in [6.45, 7) is 8.01. The van der Waals surface area contributed by atoms with Crippen LogP contribution in [-0.2, 0) is 0 Å². The zero-order chi connectivity index (χ0) is 11.8. The zero-order valence-corrected chi connectivity index (χ0v) is 10.4. The van der Waals surface area contributed by atoms with E-state index < -0.39 is 0 Å². The van der Waals surface area contributed by atoms with Gasteiger partial charge in [-0.3, -0.25) is 0 Å². The molecule has 88 valence electrons. The van der Waals surface area contributed by atoms with Crippen LogP contribution in [0.5, 0.6) is 0 Å². The predicted octanol–water partition coefficient (Wildman–Crippen LogP) is 2.68. The third-order valence-corrected chi connectivity index (χ3v) is 3.32. The minimum Gasteiger partial charge on any atom is -0.397 e. The summed E-state index contributed by atoms with van der Waals surface area (Å²) in [6.07, 6.45) is 4.26. The summed E-state index contributed by atoms with van der Waals surface area (Å²) in [6, 6.07) is 4.54. The standard InChI is InChI=1S/C13H21N3/c1-13(2,3)11-5-4-8-16(11)12-7-6-10(14)9-15-12/h6-7,9,11H,4-5,8,14H2,1-3H3. The van der Waals surface area contributed by atoms with Crippen LogP contribution in [0.4, 0.5) is 11.5 Å². The summed E-state index contributed by atoms with van der Waals surface area (Å²) in [5.41, 5.74) is 6.70. The Morgan fingerprint density at radius 3 is 2.69 bits per heavy atom. The number of pyridine rings is 1. The molecule has 1 saturated heterocycles. The molecule has 0 saturated carbocycles. The van der Waals surface area contributed by atoms with Crippen molar-refractivity contribution in [2.24, 2.45) is 5.41 Å². The first kappa shape index (κ1) is 11.2. The molecule has 3 heteroatoms. The molecule has 2 N–H and O–H groups in total. The second-order valence-corrected chi connectivity index (χ2v) is 5.67. The minimum absolute atomic E-state index is 0.305. The lowest BCUT2D eigenvalue weighted by Gasteiger charge is -2.35. The number of nitrogens with two attached hydrogens (primary N) is 1. The summed E-state index contributed by atoms with van der Waals surface area (Å²) in [4.78, 5) is 6.84. The number of aromatic nitrogens is 1. The van der Waals surface area contributed by atoms with Gasteiger partial charge in [0.25, 0.3) is 0 Å². The van der Waals surface area contributed by atoms with Gasteiger partial charge in [-0.15, -0.1) is 0 Å². The molecule has 0 amide bonds. The Bertz CT molecular complexity index is 350. The van der Waals surface area contributed by atoms with Crippen molar-refractivity contribution < 1.29 is 0 Å². The van der Waals surface area contributed by atoms with Gasteiger partial charge in [0.1, 0.15) is 5.82 Å². The Hall–Kier alpha value is -1.25. The molecule has 0 bridgehead atoms. The number of nitrogen functional groups attached to an aromatic ring is 1. The molecule has 1 aliphatic rings. The highest BCUT2D eigenvalue weighted by Gasteiger charge is 2.34. The number of anilines is 2. The highest BCUT2D eigenvalue weighted by atomic mass is 15.2. The van der Waals surface area contributed by atoms with E-state index in [0.29, 0.717) is 11.5 Å². The Morgan fingerprint density at radius 2 is 2.12 bits per heavy atom. The number of hydrogen-bond donors (Lipinski definition) is 1. The van der Waals surface area contributed by atoms with E-state index in [9.17, 15) is 0 Å². The van der Waals surface area contributed by atoms with Crippen molar-refractivity contribution in [1.82, 2.24) is 4.98 Å². The van der Waals surface area contributed by atoms with Crippen LogP contribution in [0, 0.1) is 5.41 Å². The molecule has 0 spiro atoms. The Morgan fingerprint density at radius 1 is 1.38 bits per heavy atom. The maximum Gasteiger partial charge on any atom is 0.128 e. The van der Waals surface area contributed by atoms with E-state index in [2.05, 4.69) is 30.7 Å². The largest absolute Gasteiger partial charge is 0.397 e. The van der Waals surface area contributed by atoms with Crippen LogP contribution < -0.4 is 10.6 Å². The van der Waals surface area contributed by atoms with Crippen LogP contribution >= 0.6 is 0 Å². The first-order valence-corrected chi connectivity index (χ1v) is 5.96. The zero-order valence-electron chi connectivity index (χ0n) is 10.4. The average Bonchev–Trinajstić information content (AvgIpc) is 2.66. The van der Waals surface area contributed by atoms with Crippen molar-refractivity contribution >= 4 is 11.5 Å². The van der Waals surface area contributed by atoms with Gasteiger partial charge in [-0.05, 0) is 30.4 Å². The van der Waals surface area contributed by atoms with E-state index in [-0.39, 0.29) is 0 Å². The fraction of sp³-hybridized carbons (Fsp3) is 0.615. The van der Waals surface area contributed by atoms with Crippen molar-refractivity contribution in [2.75, 3.05) is 17.2 Å². The van der Waals surface area contributed by atoms with Gasteiger partial charge in [0.2, 0.25) is 0 Å². The molecule has 1 aliphatic heterocycles. The second-order valence-electron chi connectivity index (χ2n) is 5.67. The van der Waals surface area contributed by atoms with Crippen LogP contribution in [0.1, 0.15) is 33.6 Å². The third kappa shape index (κ3) is 2.13. The van der Waals surface area contributed by atoms with Gasteiger partial charge in [-0.1, -0.05) is 20.8 Å². The van der Waals surface area contributed by atoms with E-state index in [0.717, 1.165) is 18.1 Å². The van der Waals surface area contributed by atoms with Crippen LogP contribution in [0.2, 0.25) is 0 Å². The van der Waals surface area contributed by atoms with Crippen molar-refractivity contribution in [3.8, 4) is 0 Å². The van der Waals surface area contributed by atoms with Crippen molar-refractivity contribution in [3.63, 3.8) is 0 Å². The molecule has 0 aliphatic carbocycles. The van der Waals surface area contributed by atoms with E-state index in [1.807, 2.05) is 12.1 Å². The lowest BCUT2D eigenvalue weighted by molar-refractivity contribution is 0.319. The molecule has 1 aromatic heterocycles. The predicted molar refractivity (Wildman–Crippen MR) is 68.5 cm³/mol. The van der Waals surface area contributed by atoms with E-state index in [1.54, 1.807) is 6.20 Å². The maximum absolute atomic E-state index is 5.66. The van der Waals surface area contributed by atoms with Gasteiger partial charge in [-0.25, -0.2) is 4.98 Å². The first-order chi connectivity index (χ1) is 7.48. The fourth-order valence-corrected chi connectivity index (χ4v) is 2.51. The summed E-state index contributed by atoms with van der Waals surface area (Å²) in [5.74, 6) is 1.06. The van der Waals surface area contributed by atoms with Gasteiger partial charge < -0.3 is 10.6 Å². The molecule has 0 radical (unpaired) electrons. The van der Waals surface area contributed by atoms with Crippen LogP contribution in [0.3, 0.4) is 0 Å². The molecular weight excluding hydrogens is 198 g/mol. The molecule has 1 atom stereocenters. The summed E-state index contributed by atoms with van der Waals surface area (Å²) < 4.78 is 0.